The molecular weight excluding hydrogens is 594 g/mol. The van der Waals surface area contributed by atoms with Crippen molar-refractivity contribution < 1.29 is 29.1 Å². The molecule has 0 spiro atoms. The van der Waals surface area contributed by atoms with Crippen molar-refractivity contribution in [3.63, 3.8) is 0 Å². The maximum atomic E-state index is 13.6. The summed E-state index contributed by atoms with van der Waals surface area (Å²) in [4.78, 5) is 69.2. The van der Waals surface area contributed by atoms with Gasteiger partial charge in [0, 0.05) is 13.0 Å². The molecule has 6 atom stereocenters. The monoisotopic (exact) mass is 647 g/mol. The third kappa shape index (κ3) is 15.2. The molecule has 1 rings (SSSR count). The van der Waals surface area contributed by atoms with E-state index in [2.05, 4.69) is 26.3 Å². The molecule has 0 saturated carbocycles. The van der Waals surface area contributed by atoms with E-state index in [0.717, 1.165) is 5.56 Å². The summed E-state index contributed by atoms with van der Waals surface area (Å²) in [5, 5.41) is 20.5. The summed E-state index contributed by atoms with van der Waals surface area (Å²) in [5.74, 6) is -3.50. The predicted octanol–water partition coefficient (Wildman–Crippen LogP) is -1.49. The zero-order valence-electron chi connectivity index (χ0n) is 27.5. The molecule has 13 N–H and O–H groups in total. The van der Waals surface area contributed by atoms with Crippen LogP contribution in [0.1, 0.15) is 65.9 Å². The van der Waals surface area contributed by atoms with Gasteiger partial charge in [0.2, 0.25) is 29.5 Å². The molecule has 0 aliphatic carbocycles. The number of guanidine groups is 1. The molecule has 0 aliphatic heterocycles. The van der Waals surface area contributed by atoms with Gasteiger partial charge in [-0.05, 0) is 50.0 Å². The molecule has 1 aromatic carbocycles. The fraction of sp³-hybridized carbons (Fsp3) is 0.613. The Hall–Kier alpha value is -4.24. The SMILES string of the molecule is CC(C)C[C@H](NC(=O)[C@H](Cc1ccccc1)NC(=O)[C@H](N)[C@H](C)O)C(=O)N[C@@H](CC(C)C)C(=O)N[C@H](CCCN=C(N)N)C(N)=O. The Balaban J connectivity index is 3.18. The quantitative estimate of drug-likeness (QED) is 0.0452. The average molecular weight is 648 g/mol. The molecule has 0 unspecified atom stereocenters. The number of amides is 5. The van der Waals surface area contributed by atoms with Crippen molar-refractivity contribution in [3.05, 3.63) is 35.9 Å². The van der Waals surface area contributed by atoms with Crippen molar-refractivity contribution in [2.75, 3.05) is 6.54 Å². The molecule has 15 nitrogen and oxygen atoms in total. The zero-order chi connectivity index (χ0) is 35.0. The van der Waals surface area contributed by atoms with Crippen molar-refractivity contribution in [1.29, 1.82) is 0 Å². The maximum absolute atomic E-state index is 13.6. The summed E-state index contributed by atoms with van der Waals surface area (Å²) >= 11 is 0. The molecule has 0 radical (unpaired) electrons. The molecule has 15 heteroatoms. The Kier molecular flexibility index (Phi) is 17.3. The summed E-state index contributed by atoms with van der Waals surface area (Å²) in [5.41, 5.74) is 22.7. The van der Waals surface area contributed by atoms with Crippen LogP contribution in [-0.2, 0) is 30.4 Å². The lowest BCUT2D eigenvalue weighted by atomic mass is 9.98. The van der Waals surface area contributed by atoms with Gasteiger partial charge in [-0.3, -0.25) is 29.0 Å². The van der Waals surface area contributed by atoms with Crippen molar-refractivity contribution in [3.8, 4) is 0 Å². The van der Waals surface area contributed by atoms with Gasteiger partial charge in [-0.25, -0.2) is 0 Å². The minimum absolute atomic E-state index is 0.0216. The lowest BCUT2D eigenvalue weighted by Gasteiger charge is -2.28. The number of aliphatic hydroxyl groups is 1. The van der Waals surface area contributed by atoms with Crippen molar-refractivity contribution in [1.82, 2.24) is 21.3 Å². The average Bonchev–Trinajstić information content (AvgIpc) is 2.96. The van der Waals surface area contributed by atoms with E-state index in [-0.39, 0.29) is 50.0 Å². The molecule has 258 valence electrons. The van der Waals surface area contributed by atoms with Gasteiger partial charge in [-0.15, -0.1) is 0 Å². The third-order valence-electron chi connectivity index (χ3n) is 7.02. The highest BCUT2D eigenvalue weighted by Crippen LogP contribution is 2.11. The summed E-state index contributed by atoms with van der Waals surface area (Å²) in [6.07, 6.45) is -0.0454. The highest BCUT2D eigenvalue weighted by atomic mass is 16.3. The normalized spacial score (nSPS) is 15.1. The largest absolute Gasteiger partial charge is 0.391 e. The Morgan fingerprint density at radius 1 is 0.717 bits per heavy atom. The topological polar surface area (TPSA) is 270 Å². The first-order valence-corrected chi connectivity index (χ1v) is 15.5. The molecule has 46 heavy (non-hydrogen) atoms. The summed E-state index contributed by atoms with van der Waals surface area (Å²) < 4.78 is 0. The van der Waals surface area contributed by atoms with Crippen LogP contribution in [-0.4, -0.2) is 83.5 Å². The number of nitrogens with zero attached hydrogens (tertiary/aromatic N) is 1. The van der Waals surface area contributed by atoms with Crippen LogP contribution in [0.5, 0.6) is 0 Å². The number of carbonyl (C=O) groups is 5. The van der Waals surface area contributed by atoms with E-state index in [4.69, 9.17) is 22.9 Å². The Morgan fingerprint density at radius 3 is 1.61 bits per heavy atom. The number of nitrogens with two attached hydrogens (primary N) is 4. The minimum Gasteiger partial charge on any atom is -0.391 e. The number of carbonyl (C=O) groups excluding carboxylic acids is 5. The lowest BCUT2D eigenvalue weighted by molar-refractivity contribution is -0.135. The number of aliphatic hydroxyl groups excluding tert-OH is 1. The summed E-state index contributed by atoms with van der Waals surface area (Å²) in [6.45, 7) is 9.08. The zero-order valence-corrected chi connectivity index (χ0v) is 27.5. The van der Waals surface area contributed by atoms with Gasteiger partial charge in [0.1, 0.15) is 30.2 Å². The van der Waals surface area contributed by atoms with Crippen LogP contribution in [0.15, 0.2) is 35.3 Å². The third-order valence-corrected chi connectivity index (χ3v) is 7.02. The van der Waals surface area contributed by atoms with Crippen LogP contribution in [0.2, 0.25) is 0 Å². The van der Waals surface area contributed by atoms with Crippen molar-refractivity contribution in [2.24, 2.45) is 39.8 Å². The van der Waals surface area contributed by atoms with Crippen molar-refractivity contribution in [2.45, 2.75) is 103 Å². The second-order valence-corrected chi connectivity index (χ2v) is 12.3. The second-order valence-electron chi connectivity index (χ2n) is 12.3. The van der Waals surface area contributed by atoms with Gasteiger partial charge in [-0.1, -0.05) is 58.0 Å². The maximum Gasteiger partial charge on any atom is 0.243 e. The van der Waals surface area contributed by atoms with E-state index in [1.165, 1.54) is 6.92 Å². The number of aliphatic imine (C=N–C) groups is 1. The van der Waals surface area contributed by atoms with Gasteiger partial charge < -0.3 is 49.3 Å². The van der Waals surface area contributed by atoms with Crippen LogP contribution >= 0.6 is 0 Å². The Morgan fingerprint density at radius 2 is 1.17 bits per heavy atom. The molecule has 0 bridgehead atoms. The van der Waals surface area contributed by atoms with Gasteiger partial charge in [0.25, 0.3) is 0 Å². The highest BCUT2D eigenvalue weighted by Gasteiger charge is 2.32. The van der Waals surface area contributed by atoms with Gasteiger partial charge in [0.05, 0.1) is 6.10 Å². The summed E-state index contributed by atoms with van der Waals surface area (Å²) in [6, 6.07) is 3.44. The minimum atomic E-state index is -1.27. The van der Waals surface area contributed by atoms with E-state index >= 15 is 0 Å². The van der Waals surface area contributed by atoms with Crippen LogP contribution < -0.4 is 44.2 Å². The first-order valence-electron chi connectivity index (χ1n) is 15.5. The molecule has 0 saturated heterocycles. The standard InChI is InChI=1S/C31H53N9O6/c1-17(2)14-22(27(43)37-21(26(33)42)12-9-13-36-31(34)35)38-28(44)23(15-18(3)4)39-29(45)24(16-20-10-7-6-8-11-20)40-30(46)25(32)19(5)41/h6-8,10-11,17-19,21-25,41H,9,12-16,32H2,1-5H3,(H2,33,42)(H,37,43)(H,38,44)(H,39,45)(H,40,46)(H4,34,35,36)/t19-,21+,22-,23-,24-,25+/m0/s1. The molecule has 1 aromatic rings. The fourth-order valence-electron chi connectivity index (χ4n) is 4.56. The first kappa shape index (κ1) is 39.8. The fourth-order valence-corrected chi connectivity index (χ4v) is 4.56. The van der Waals surface area contributed by atoms with Crippen LogP contribution in [0, 0.1) is 11.8 Å². The van der Waals surface area contributed by atoms with E-state index in [1.807, 2.05) is 33.8 Å². The first-order chi connectivity index (χ1) is 21.5. The van der Waals surface area contributed by atoms with Crippen molar-refractivity contribution >= 4 is 35.5 Å². The Labute approximate surface area is 271 Å². The van der Waals surface area contributed by atoms with Crippen LogP contribution in [0.3, 0.4) is 0 Å². The van der Waals surface area contributed by atoms with Crippen LogP contribution in [0.25, 0.3) is 0 Å². The number of benzene rings is 1. The molecular formula is C31H53N9O6. The number of hydrogen-bond donors (Lipinski definition) is 9. The molecule has 0 aliphatic rings. The number of hydrogen-bond acceptors (Lipinski definition) is 8. The van der Waals surface area contributed by atoms with E-state index < -0.39 is 65.8 Å². The molecule has 0 aromatic heterocycles. The Bertz CT molecular complexity index is 1170. The van der Waals surface area contributed by atoms with Gasteiger partial charge in [0.15, 0.2) is 5.96 Å². The number of nitrogens with one attached hydrogen (secondary N) is 4. The number of rotatable bonds is 20. The van der Waals surface area contributed by atoms with E-state index in [1.54, 1.807) is 24.3 Å². The molecule has 0 fully saturated rings. The van der Waals surface area contributed by atoms with E-state index in [9.17, 15) is 29.1 Å². The second kappa shape index (κ2) is 20.0. The highest BCUT2D eigenvalue weighted by molar-refractivity contribution is 5.96. The van der Waals surface area contributed by atoms with Crippen LogP contribution in [0.4, 0.5) is 0 Å². The smallest absolute Gasteiger partial charge is 0.243 e. The number of primary amides is 1. The predicted molar refractivity (Wildman–Crippen MR) is 176 cm³/mol. The molecule has 0 heterocycles. The lowest BCUT2D eigenvalue weighted by Crippen LogP contribution is -2.60. The van der Waals surface area contributed by atoms with Gasteiger partial charge in [-0.2, -0.15) is 0 Å². The molecule has 5 amide bonds. The van der Waals surface area contributed by atoms with E-state index in [0.29, 0.717) is 6.42 Å². The van der Waals surface area contributed by atoms with Gasteiger partial charge >= 0.3 is 0 Å². The summed E-state index contributed by atoms with van der Waals surface area (Å²) in [7, 11) is 0.